The molecule has 3 heterocycles. The molecule has 1 atom stereocenters. The Balaban J connectivity index is 1.09. The lowest BCUT2D eigenvalue weighted by Gasteiger charge is -2.30. The van der Waals surface area contributed by atoms with Gasteiger partial charge in [-0.05, 0) is 37.1 Å². The zero-order valence-electron chi connectivity index (χ0n) is 21.3. The van der Waals surface area contributed by atoms with E-state index in [2.05, 4.69) is 5.32 Å². The van der Waals surface area contributed by atoms with E-state index in [4.69, 9.17) is 14.5 Å². The third kappa shape index (κ3) is 5.31. The fourth-order valence-corrected chi connectivity index (χ4v) is 6.29. The quantitative estimate of drug-likeness (QED) is 0.351. The summed E-state index contributed by atoms with van der Waals surface area (Å²) in [5, 5.41) is 4.61. The highest BCUT2D eigenvalue weighted by atomic mass is 32.2. The monoisotopic (exact) mass is 532 g/mol. The predicted molar refractivity (Wildman–Crippen MR) is 146 cm³/mol. The first-order valence-corrected chi connectivity index (χ1v) is 14.3. The van der Waals surface area contributed by atoms with E-state index in [1.165, 1.54) is 6.42 Å². The summed E-state index contributed by atoms with van der Waals surface area (Å²) in [6.45, 7) is 2.49. The maximum atomic E-state index is 13.7. The van der Waals surface area contributed by atoms with Gasteiger partial charge >= 0.3 is 0 Å². The Morgan fingerprint density at radius 1 is 1.08 bits per heavy atom. The fourth-order valence-electron chi connectivity index (χ4n) is 4.97. The molecule has 1 N–H and O–H groups in total. The van der Waals surface area contributed by atoms with Gasteiger partial charge in [-0.3, -0.25) is 14.2 Å². The first kappa shape index (κ1) is 25.0. The molecule has 3 aromatic rings. The van der Waals surface area contributed by atoms with E-state index in [9.17, 15) is 9.59 Å². The lowest BCUT2D eigenvalue weighted by Crippen LogP contribution is -2.43. The van der Waals surface area contributed by atoms with E-state index in [1.807, 2.05) is 54.6 Å². The molecule has 0 bridgehead atoms. The highest BCUT2D eigenvalue weighted by molar-refractivity contribution is 7.99. The van der Waals surface area contributed by atoms with Crippen LogP contribution in [0.2, 0.25) is 0 Å². The van der Waals surface area contributed by atoms with Gasteiger partial charge in [-0.15, -0.1) is 0 Å². The van der Waals surface area contributed by atoms with Crippen LogP contribution < -0.4 is 20.3 Å². The Morgan fingerprint density at radius 2 is 1.87 bits per heavy atom. The third-order valence-corrected chi connectivity index (χ3v) is 8.63. The van der Waals surface area contributed by atoms with Gasteiger partial charge in [0.05, 0.1) is 23.5 Å². The maximum Gasteiger partial charge on any atom is 0.264 e. The number of nitrogens with one attached hydrogen (secondary N) is 1. The van der Waals surface area contributed by atoms with Crippen LogP contribution >= 0.6 is 11.8 Å². The second-order valence-electron chi connectivity index (χ2n) is 9.98. The summed E-state index contributed by atoms with van der Waals surface area (Å²) in [6, 6.07) is 17.3. The van der Waals surface area contributed by atoms with Crippen molar-refractivity contribution in [2.45, 2.75) is 55.2 Å². The molecule has 0 spiro atoms. The number of nitrogens with zero attached hydrogens (tertiary/aromatic N) is 3. The first-order valence-electron chi connectivity index (χ1n) is 13.4. The number of ether oxygens (including phenoxy) is 2. The van der Waals surface area contributed by atoms with Crippen molar-refractivity contribution in [1.82, 2.24) is 19.8 Å². The molecular formula is C29H32N4O4S. The van der Waals surface area contributed by atoms with Crippen LogP contribution in [0.25, 0.3) is 5.69 Å². The van der Waals surface area contributed by atoms with Crippen LogP contribution in [0.1, 0.15) is 36.9 Å². The van der Waals surface area contributed by atoms with Crippen LogP contribution in [0.5, 0.6) is 11.5 Å². The normalized spacial score (nSPS) is 18.5. The molecule has 0 radical (unpaired) electrons. The Kier molecular flexibility index (Phi) is 7.38. The number of carbonyl (C=O) groups is 1. The minimum atomic E-state index is -0.101. The molecule has 1 fully saturated rings. The van der Waals surface area contributed by atoms with E-state index in [0.717, 1.165) is 40.9 Å². The Labute approximate surface area is 226 Å². The molecule has 6 rings (SSSR count). The van der Waals surface area contributed by atoms with Crippen LogP contribution in [0.3, 0.4) is 0 Å². The number of fused-ring (bicyclic) bond motifs is 2. The molecule has 198 valence electrons. The first-order chi connectivity index (χ1) is 18.7. The van der Waals surface area contributed by atoms with Gasteiger partial charge in [-0.2, -0.15) is 0 Å². The number of amides is 1. The summed E-state index contributed by atoms with van der Waals surface area (Å²) < 4.78 is 13.5. The van der Waals surface area contributed by atoms with Crippen LogP contribution in [0.4, 0.5) is 0 Å². The minimum absolute atomic E-state index is 0.0351. The summed E-state index contributed by atoms with van der Waals surface area (Å²) in [6.07, 6.45) is 4.42. The van der Waals surface area contributed by atoms with Gasteiger partial charge in [0.15, 0.2) is 16.7 Å². The summed E-state index contributed by atoms with van der Waals surface area (Å²) in [5.41, 5.74) is 2.22. The van der Waals surface area contributed by atoms with Gasteiger partial charge in [0.1, 0.15) is 12.7 Å². The second-order valence-corrected chi connectivity index (χ2v) is 11.3. The van der Waals surface area contributed by atoms with Gasteiger partial charge in [-0.1, -0.05) is 48.5 Å². The number of carbonyl (C=O) groups excluding carboxylic acids is 1. The topological polar surface area (TPSA) is 85.7 Å². The Morgan fingerprint density at radius 3 is 2.66 bits per heavy atom. The van der Waals surface area contributed by atoms with Gasteiger partial charge in [-0.25, -0.2) is 4.98 Å². The van der Waals surface area contributed by atoms with Crippen molar-refractivity contribution in [1.29, 1.82) is 0 Å². The average molecular weight is 533 g/mol. The van der Waals surface area contributed by atoms with Crippen molar-refractivity contribution < 1.29 is 14.3 Å². The van der Waals surface area contributed by atoms with E-state index in [0.29, 0.717) is 56.4 Å². The van der Waals surface area contributed by atoms with Crippen molar-refractivity contribution in [3.63, 3.8) is 0 Å². The Hall–Kier alpha value is -3.30. The second kappa shape index (κ2) is 11.2. The van der Waals surface area contributed by atoms with Crippen molar-refractivity contribution in [2.75, 3.05) is 26.2 Å². The van der Waals surface area contributed by atoms with Gasteiger partial charge in [0.25, 0.3) is 5.56 Å². The van der Waals surface area contributed by atoms with E-state index in [-0.39, 0.29) is 17.6 Å². The van der Waals surface area contributed by atoms with Crippen LogP contribution in [-0.4, -0.2) is 58.0 Å². The molecule has 1 aliphatic carbocycles. The minimum Gasteiger partial charge on any atom is -0.486 e. The molecule has 1 unspecified atom stereocenters. The van der Waals surface area contributed by atoms with Gasteiger partial charge in [0.2, 0.25) is 5.91 Å². The largest absolute Gasteiger partial charge is 0.486 e. The molecule has 8 nitrogen and oxygen atoms in total. The van der Waals surface area contributed by atoms with Crippen LogP contribution in [-0.2, 0) is 17.8 Å². The van der Waals surface area contributed by atoms with E-state index in [1.54, 1.807) is 21.2 Å². The smallest absolute Gasteiger partial charge is 0.264 e. The number of hydrogen-bond donors (Lipinski definition) is 1. The summed E-state index contributed by atoms with van der Waals surface area (Å²) in [4.78, 5) is 33.5. The molecule has 0 saturated heterocycles. The van der Waals surface area contributed by atoms with Crippen molar-refractivity contribution in [2.24, 2.45) is 0 Å². The number of benzene rings is 2. The predicted octanol–water partition coefficient (Wildman–Crippen LogP) is 3.58. The van der Waals surface area contributed by atoms with Crippen LogP contribution in [0, 0.1) is 0 Å². The van der Waals surface area contributed by atoms with E-state index >= 15 is 0 Å². The molecule has 2 aromatic carbocycles. The molecule has 1 aromatic heterocycles. The number of hydrogen-bond acceptors (Lipinski definition) is 7. The standard InChI is InChI=1S/C29H32N4O4S/c34-27(13-15-30-17-21-19-36-25-11-4-5-12-26(25)37-21)32-16-14-24-23(18-32)28(35)33(20-7-2-1-3-8-20)29(31-24)38-22-9-6-10-22/h1-5,7-8,11-12,21-22,30H,6,9-10,13-19H2. The number of rotatable bonds is 8. The molecule has 38 heavy (non-hydrogen) atoms. The zero-order chi connectivity index (χ0) is 25.9. The van der Waals surface area contributed by atoms with Gasteiger partial charge < -0.3 is 19.7 Å². The molecule has 1 saturated carbocycles. The summed E-state index contributed by atoms with van der Waals surface area (Å²) >= 11 is 1.71. The molecular weight excluding hydrogens is 500 g/mol. The SMILES string of the molecule is O=C(CCNCC1COc2ccccc2O1)N1CCc2nc(SC3CCC3)n(-c3ccccc3)c(=O)c2C1. The van der Waals surface area contributed by atoms with Gasteiger partial charge in [0, 0.05) is 37.7 Å². The molecule has 9 heteroatoms. The highest BCUT2D eigenvalue weighted by Gasteiger charge is 2.29. The van der Waals surface area contributed by atoms with Crippen LogP contribution in [0.15, 0.2) is 64.5 Å². The van der Waals surface area contributed by atoms with Crippen molar-refractivity contribution in [3.8, 4) is 17.2 Å². The molecule has 2 aliphatic heterocycles. The Bertz CT molecular complexity index is 1360. The van der Waals surface area contributed by atoms with Crippen molar-refractivity contribution >= 4 is 17.7 Å². The fraction of sp³-hybridized carbons (Fsp3) is 0.414. The number of para-hydroxylation sites is 3. The summed E-state index contributed by atoms with van der Waals surface area (Å²) in [7, 11) is 0. The zero-order valence-corrected chi connectivity index (χ0v) is 22.1. The lowest BCUT2D eigenvalue weighted by atomic mass is 10.0. The van der Waals surface area contributed by atoms with Crippen molar-refractivity contribution in [3.05, 3.63) is 76.2 Å². The molecule has 3 aliphatic rings. The third-order valence-electron chi connectivity index (χ3n) is 7.35. The maximum absolute atomic E-state index is 13.7. The average Bonchev–Trinajstić information content (AvgIpc) is 2.93. The highest BCUT2D eigenvalue weighted by Crippen LogP contribution is 2.36. The lowest BCUT2D eigenvalue weighted by molar-refractivity contribution is -0.132. The number of aromatic nitrogens is 2. The number of thioether (sulfide) groups is 1. The molecule has 1 amide bonds. The van der Waals surface area contributed by atoms with E-state index < -0.39 is 0 Å². The summed E-state index contributed by atoms with van der Waals surface area (Å²) in [5.74, 6) is 1.55.